The minimum Gasteiger partial charge on any atom is -0.271 e. The fourth-order valence-corrected chi connectivity index (χ4v) is 2.07. The maximum absolute atomic E-state index is 13.7. The standard InChI is InChI=1S/C14H17FN4/c1-9-7-12(10(2)19-18-9)14(17-16)8-11-5-3-4-6-13(11)15/h3-7,14,17H,8,16H2,1-2H3. The van der Waals surface area contributed by atoms with Gasteiger partial charge in [-0.3, -0.25) is 11.3 Å². The largest absolute Gasteiger partial charge is 0.271 e. The van der Waals surface area contributed by atoms with Gasteiger partial charge in [0.25, 0.3) is 0 Å². The van der Waals surface area contributed by atoms with E-state index >= 15 is 0 Å². The predicted molar refractivity (Wildman–Crippen MR) is 71.7 cm³/mol. The third-order valence-corrected chi connectivity index (χ3v) is 3.10. The molecule has 0 spiro atoms. The van der Waals surface area contributed by atoms with Crippen LogP contribution in [0.5, 0.6) is 0 Å². The van der Waals surface area contributed by atoms with Crippen molar-refractivity contribution >= 4 is 0 Å². The molecule has 0 fully saturated rings. The molecule has 0 amide bonds. The van der Waals surface area contributed by atoms with Gasteiger partial charge in [-0.25, -0.2) is 4.39 Å². The summed E-state index contributed by atoms with van der Waals surface area (Å²) in [6.07, 6.45) is 0.467. The SMILES string of the molecule is Cc1cc(C(Cc2ccccc2F)NN)c(C)nn1. The molecular weight excluding hydrogens is 243 g/mol. The second-order valence-corrected chi connectivity index (χ2v) is 4.54. The lowest BCUT2D eigenvalue weighted by atomic mass is 9.98. The number of hydrazine groups is 1. The lowest BCUT2D eigenvalue weighted by molar-refractivity contribution is 0.523. The quantitative estimate of drug-likeness (QED) is 0.651. The number of aromatic nitrogens is 2. The summed E-state index contributed by atoms with van der Waals surface area (Å²) in [5.74, 6) is 5.38. The number of benzene rings is 1. The Kier molecular flexibility index (Phi) is 4.19. The van der Waals surface area contributed by atoms with Gasteiger partial charge >= 0.3 is 0 Å². The zero-order chi connectivity index (χ0) is 13.8. The summed E-state index contributed by atoms with van der Waals surface area (Å²) in [4.78, 5) is 0. The molecule has 19 heavy (non-hydrogen) atoms. The fraction of sp³-hybridized carbons (Fsp3) is 0.286. The highest BCUT2D eigenvalue weighted by molar-refractivity contribution is 5.27. The van der Waals surface area contributed by atoms with E-state index in [2.05, 4.69) is 15.6 Å². The van der Waals surface area contributed by atoms with Gasteiger partial charge in [-0.1, -0.05) is 18.2 Å². The van der Waals surface area contributed by atoms with Crippen LogP contribution in [-0.4, -0.2) is 10.2 Å². The van der Waals surface area contributed by atoms with Crippen LogP contribution in [0.1, 0.15) is 28.6 Å². The van der Waals surface area contributed by atoms with Crippen LogP contribution in [0.2, 0.25) is 0 Å². The topological polar surface area (TPSA) is 63.8 Å². The van der Waals surface area contributed by atoms with Gasteiger partial charge in [-0.15, -0.1) is 0 Å². The molecule has 100 valence electrons. The first kappa shape index (κ1) is 13.6. The minimum absolute atomic E-state index is 0.189. The van der Waals surface area contributed by atoms with Crippen molar-refractivity contribution < 1.29 is 4.39 Å². The summed E-state index contributed by atoms with van der Waals surface area (Å²) in [5.41, 5.74) is 5.91. The van der Waals surface area contributed by atoms with E-state index in [1.54, 1.807) is 12.1 Å². The maximum atomic E-state index is 13.7. The monoisotopic (exact) mass is 260 g/mol. The van der Waals surface area contributed by atoms with Crippen molar-refractivity contribution in [1.82, 2.24) is 15.6 Å². The van der Waals surface area contributed by atoms with E-state index in [1.807, 2.05) is 26.0 Å². The molecule has 1 heterocycles. The van der Waals surface area contributed by atoms with Gasteiger partial charge in [0.05, 0.1) is 17.4 Å². The lowest BCUT2D eigenvalue weighted by Crippen LogP contribution is -2.30. The molecule has 3 N–H and O–H groups in total. The van der Waals surface area contributed by atoms with Crippen molar-refractivity contribution in [3.8, 4) is 0 Å². The molecule has 0 aliphatic rings. The smallest absolute Gasteiger partial charge is 0.126 e. The van der Waals surface area contributed by atoms with Crippen LogP contribution in [-0.2, 0) is 6.42 Å². The highest BCUT2D eigenvalue weighted by atomic mass is 19.1. The van der Waals surface area contributed by atoms with Gasteiger partial charge in [-0.05, 0) is 43.5 Å². The van der Waals surface area contributed by atoms with Crippen molar-refractivity contribution in [2.45, 2.75) is 26.3 Å². The molecular formula is C14H17FN4. The predicted octanol–water partition coefficient (Wildman–Crippen LogP) is 1.98. The molecule has 4 nitrogen and oxygen atoms in total. The van der Waals surface area contributed by atoms with Gasteiger partial charge in [0.1, 0.15) is 5.82 Å². The van der Waals surface area contributed by atoms with Crippen molar-refractivity contribution in [2.75, 3.05) is 0 Å². The Hall–Kier alpha value is -1.85. The molecule has 0 bridgehead atoms. The summed E-state index contributed by atoms with van der Waals surface area (Å²) >= 11 is 0. The van der Waals surface area contributed by atoms with Crippen molar-refractivity contribution in [1.29, 1.82) is 0 Å². The number of halogens is 1. The number of aryl methyl sites for hydroxylation is 2. The van der Waals surface area contributed by atoms with E-state index < -0.39 is 0 Å². The van der Waals surface area contributed by atoms with Crippen LogP contribution >= 0.6 is 0 Å². The molecule has 5 heteroatoms. The Morgan fingerprint density at radius 3 is 2.68 bits per heavy atom. The van der Waals surface area contributed by atoms with Crippen LogP contribution in [0.3, 0.4) is 0 Å². The normalized spacial score (nSPS) is 12.4. The summed E-state index contributed by atoms with van der Waals surface area (Å²) in [6, 6.07) is 8.43. The van der Waals surface area contributed by atoms with E-state index in [1.165, 1.54) is 6.07 Å². The van der Waals surface area contributed by atoms with Crippen molar-refractivity contribution in [2.24, 2.45) is 5.84 Å². The van der Waals surface area contributed by atoms with Crippen LogP contribution in [0.25, 0.3) is 0 Å². The second-order valence-electron chi connectivity index (χ2n) is 4.54. The molecule has 1 atom stereocenters. The number of nitrogens with one attached hydrogen (secondary N) is 1. The van der Waals surface area contributed by atoms with Crippen molar-refractivity contribution in [3.63, 3.8) is 0 Å². The average Bonchev–Trinajstić information content (AvgIpc) is 2.41. The van der Waals surface area contributed by atoms with E-state index in [0.29, 0.717) is 12.0 Å². The van der Waals surface area contributed by atoms with E-state index in [4.69, 9.17) is 5.84 Å². The van der Waals surface area contributed by atoms with Crippen LogP contribution < -0.4 is 11.3 Å². The molecule has 2 rings (SSSR count). The number of hydrogen-bond acceptors (Lipinski definition) is 4. The Morgan fingerprint density at radius 1 is 1.26 bits per heavy atom. The number of rotatable bonds is 4. The average molecular weight is 260 g/mol. The molecule has 0 aliphatic heterocycles. The van der Waals surface area contributed by atoms with E-state index in [9.17, 15) is 4.39 Å². The molecule has 0 saturated carbocycles. The van der Waals surface area contributed by atoms with Gasteiger partial charge in [0.2, 0.25) is 0 Å². The molecule has 0 aliphatic carbocycles. The molecule has 2 aromatic rings. The highest BCUT2D eigenvalue weighted by Gasteiger charge is 2.16. The molecule has 1 aromatic carbocycles. The van der Waals surface area contributed by atoms with Gasteiger partial charge < -0.3 is 0 Å². The minimum atomic E-state index is -0.223. The number of nitrogens with zero attached hydrogens (tertiary/aromatic N) is 2. The van der Waals surface area contributed by atoms with E-state index in [-0.39, 0.29) is 11.9 Å². The maximum Gasteiger partial charge on any atom is 0.126 e. The van der Waals surface area contributed by atoms with Crippen LogP contribution in [0.15, 0.2) is 30.3 Å². The van der Waals surface area contributed by atoms with Gasteiger partial charge in [0, 0.05) is 0 Å². The fourth-order valence-electron chi connectivity index (χ4n) is 2.07. The number of hydrogen-bond donors (Lipinski definition) is 2. The Labute approximate surface area is 111 Å². The van der Waals surface area contributed by atoms with Gasteiger partial charge in [0.15, 0.2) is 0 Å². The molecule has 1 aromatic heterocycles. The Balaban J connectivity index is 2.30. The first-order chi connectivity index (χ1) is 9.11. The van der Waals surface area contributed by atoms with E-state index in [0.717, 1.165) is 17.0 Å². The third kappa shape index (κ3) is 3.13. The lowest BCUT2D eigenvalue weighted by Gasteiger charge is -2.18. The highest BCUT2D eigenvalue weighted by Crippen LogP contribution is 2.21. The van der Waals surface area contributed by atoms with Gasteiger partial charge in [-0.2, -0.15) is 10.2 Å². The second kappa shape index (κ2) is 5.86. The summed E-state index contributed by atoms with van der Waals surface area (Å²) < 4.78 is 13.7. The summed E-state index contributed by atoms with van der Waals surface area (Å²) in [7, 11) is 0. The number of nitrogens with two attached hydrogens (primary N) is 1. The van der Waals surface area contributed by atoms with Crippen LogP contribution in [0, 0.1) is 19.7 Å². The Bertz CT molecular complexity index is 571. The summed E-state index contributed by atoms with van der Waals surface area (Å²) in [6.45, 7) is 3.74. The molecule has 0 radical (unpaired) electrons. The zero-order valence-corrected chi connectivity index (χ0v) is 11.0. The zero-order valence-electron chi connectivity index (χ0n) is 11.0. The molecule has 0 saturated heterocycles. The third-order valence-electron chi connectivity index (χ3n) is 3.10. The first-order valence-corrected chi connectivity index (χ1v) is 6.12. The first-order valence-electron chi connectivity index (χ1n) is 6.12. The van der Waals surface area contributed by atoms with Crippen LogP contribution in [0.4, 0.5) is 4.39 Å². The summed E-state index contributed by atoms with van der Waals surface area (Å²) in [5, 5.41) is 8.06. The molecule has 1 unspecified atom stereocenters. The Morgan fingerprint density at radius 2 is 2.00 bits per heavy atom. The van der Waals surface area contributed by atoms with Crippen molar-refractivity contribution in [3.05, 3.63) is 58.7 Å².